The van der Waals surface area contributed by atoms with Crippen molar-refractivity contribution < 1.29 is 3.89 Å². The van der Waals surface area contributed by atoms with Gasteiger partial charge in [0.2, 0.25) is 0 Å². The second-order valence-electron chi connectivity index (χ2n) is 2.94. The molecule has 0 aromatic carbocycles. The van der Waals surface area contributed by atoms with E-state index in [1.165, 1.54) is 12.0 Å². The van der Waals surface area contributed by atoms with Crippen molar-refractivity contribution in [2.75, 3.05) is 5.75 Å². The third-order valence-electron chi connectivity index (χ3n) is 1.48. The summed E-state index contributed by atoms with van der Waals surface area (Å²) < 4.78 is 11.5. The molecule has 0 heterocycles. The van der Waals surface area contributed by atoms with Crippen molar-refractivity contribution in [3.63, 3.8) is 0 Å². The highest BCUT2D eigenvalue weighted by Gasteiger charge is 1.88. The van der Waals surface area contributed by atoms with Gasteiger partial charge in [-0.2, -0.15) is 3.89 Å². The Bertz CT molecular complexity index is 106. The molecule has 0 aromatic rings. The molecule has 0 rings (SSSR count). The monoisotopic (exact) mass is 176 g/mol. The number of hydrogen-bond donors (Lipinski definition) is 0. The molecule has 0 aliphatic carbocycles. The van der Waals surface area contributed by atoms with E-state index in [4.69, 9.17) is 0 Å². The minimum Gasteiger partial charge on any atom is -0.165 e. The molecule has 0 aliphatic rings. The van der Waals surface area contributed by atoms with Crippen LogP contribution in [0.1, 0.15) is 39.5 Å². The molecule has 0 bridgehead atoms. The summed E-state index contributed by atoms with van der Waals surface area (Å²) >= 11 is 0.451. The van der Waals surface area contributed by atoms with E-state index in [1.54, 1.807) is 0 Å². The molecule has 0 amide bonds. The first-order valence-corrected chi connectivity index (χ1v) is 5.03. The van der Waals surface area contributed by atoms with Crippen molar-refractivity contribution in [2.45, 2.75) is 39.5 Å². The highest BCUT2D eigenvalue weighted by molar-refractivity contribution is 7.94. The van der Waals surface area contributed by atoms with Crippen molar-refractivity contribution in [3.8, 4) is 0 Å². The average Bonchev–Trinajstić information content (AvgIpc) is 1.96. The summed E-state index contributed by atoms with van der Waals surface area (Å²) in [6, 6.07) is 0. The Balaban J connectivity index is 2.97. The van der Waals surface area contributed by atoms with Gasteiger partial charge in [0.25, 0.3) is 0 Å². The number of allylic oxidation sites excluding steroid dienone is 2. The van der Waals surface area contributed by atoms with Crippen LogP contribution in [0.15, 0.2) is 11.6 Å². The minimum atomic E-state index is 0.451. The van der Waals surface area contributed by atoms with Crippen LogP contribution in [0.3, 0.4) is 0 Å². The largest absolute Gasteiger partial charge is 0.165 e. The molecule has 0 unspecified atom stereocenters. The van der Waals surface area contributed by atoms with Crippen molar-refractivity contribution in [2.24, 2.45) is 0 Å². The smallest absolute Gasteiger partial charge is 0.0443 e. The molecule has 0 aliphatic heterocycles. The van der Waals surface area contributed by atoms with Gasteiger partial charge in [0.1, 0.15) is 0 Å². The summed E-state index contributed by atoms with van der Waals surface area (Å²) in [5, 5.41) is 0. The molecule has 0 N–H and O–H groups in total. The maximum Gasteiger partial charge on any atom is 0.0443 e. The lowest BCUT2D eigenvalue weighted by molar-refractivity contribution is 0.728. The standard InChI is InChI=1S/C9H17FS/c1-9(2)7-5-3-4-6-8-11-10/h7H,3-6,8H2,1-2H3. The van der Waals surface area contributed by atoms with Crippen LogP contribution in [0.4, 0.5) is 3.89 Å². The first kappa shape index (κ1) is 11.0. The van der Waals surface area contributed by atoms with Crippen LogP contribution in [0.2, 0.25) is 0 Å². The molecular weight excluding hydrogens is 159 g/mol. The van der Waals surface area contributed by atoms with Gasteiger partial charge in [0.15, 0.2) is 0 Å². The van der Waals surface area contributed by atoms with E-state index in [9.17, 15) is 3.89 Å². The Morgan fingerprint density at radius 1 is 1.27 bits per heavy atom. The van der Waals surface area contributed by atoms with Gasteiger partial charge in [-0.05, 0) is 33.1 Å². The molecule has 0 fully saturated rings. The number of unbranched alkanes of at least 4 members (excludes halogenated alkanes) is 3. The summed E-state index contributed by atoms with van der Waals surface area (Å²) in [5.74, 6) is 0.662. The van der Waals surface area contributed by atoms with Crippen LogP contribution in [0, 0.1) is 0 Å². The van der Waals surface area contributed by atoms with Crippen LogP contribution in [0.5, 0.6) is 0 Å². The maximum atomic E-state index is 11.5. The molecule has 0 saturated heterocycles. The predicted molar refractivity (Wildman–Crippen MR) is 51.5 cm³/mol. The quantitative estimate of drug-likeness (QED) is 0.433. The lowest BCUT2D eigenvalue weighted by Gasteiger charge is -1.95. The summed E-state index contributed by atoms with van der Waals surface area (Å²) in [5.41, 5.74) is 1.38. The van der Waals surface area contributed by atoms with Crippen LogP contribution in [0.25, 0.3) is 0 Å². The lowest BCUT2D eigenvalue weighted by atomic mass is 10.1. The first-order valence-electron chi connectivity index (χ1n) is 4.14. The van der Waals surface area contributed by atoms with E-state index in [0.29, 0.717) is 17.9 Å². The Kier molecular flexibility index (Phi) is 8.13. The van der Waals surface area contributed by atoms with Gasteiger partial charge in [-0.3, -0.25) is 0 Å². The van der Waals surface area contributed by atoms with Gasteiger partial charge < -0.3 is 0 Å². The molecule has 0 atom stereocenters. The molecule has 11 heavy (non-hydrogen) atoms. The minimum absolute atomic E-state index is 0.451. The number of hydrogen-bond acceptors (Lipinski definition) is 1. The fourth-order valence-corrected chi connectivity index (χ4v) is 1.18. The van der Waals surface area contributed by atoms with Crippen molar-refractivity contribution in [1.82, 2.24) is 0 Å². The molecular formula is C9H17FS. The second-order valence-corrected chi connectivity index (χ2v) is 3.57. The van der Waals surface area contributed by atoms with Crippen LogP contribution in [-0.2, 0) is 0 Å². The Hall–Kier alpha value is 0.0200. The van der Waals surface area contributed by atoms with Gasteiger partial charge in [-0.15, -0.1) is 0 Å². The first-order chi connectivity index (χ1) is 5.27. The SMILES string of the molecule is CC(C)=CCCCCCSF. The molecule has 0 spiro atoms. The van der Waals surface area contributed by atoms with Crippen molar-refractivity contribution in [3.05, 3.63) is 11.6 Å². The Morgan fingerprint density at radius 3 is 2.55 bits per heavy atom. The maximum absolute atomic E-state index is 11.5. The van der Waals surface area contributed by atoms with Crippen molar-refractivity contribution >= 4 is 12.1 Å². The van der Waals surface area contributed by atoms with Crippen LogP contribution >= 0.6 is 12.1 Å². The second kappa shape index (κ2) is 8.12. The van der Waals surface area contributed by atoms with Crippen LogP contribution in [-0.4, -0.2) is 5.75 Å². The normalized spacial score (nSPS) is 9.73. The summed E-state index contributed by atoms with van der Waals surface area (Å²) in [6.07, 6.45) is 6.76. The fraction of sp³-hybridized carbons (Fsp3) is 0.778. The molecule has 2 heteroatoms. The molecule has 0 radical (unpaired) electrons. The summed E-state index contributed by atoms with van der Waals surface area (Å²) in [4.78, 5) is 0. The third kappa shape index (κ3) is 10.0. The van der Waals surface area contributed by atoms with E-state index >= 15 is 0 Å². The van der Waals surface area contributed by atoms with E-state index < -0.39 is 0 Å². The third-order valence-corrected chi connectivity index (χ3v) is 1.92. The zero-order chi connectivity index (χ0) is 8.53. The fourth-order valence-electron chi connectivity index (χ4n) is 0.868. The molecule has 0 aromatic heterocycles. The van der Waals surface area contributed by atoms with E-state index in [0.717, 1.165) is 19.3 Å². The van der Waals surface area contributed by atoms with Gasteiger partial charge in [-0.1, -0.05) is 18.1 Å². The van der Waals surface area contributed by atoms with E-state index in [-0.39, 0.29) is 0 Å². The Morgan fingerprint density at radius 2 is 2.00 bits per heavy atom. The molecule has 0 nitrogen and oxygen atoms in total. The number of halogens is 1. The van der Waals surface area contributed by atoms with Crippen molar-refractivity contribution in [1.29, 1.82) is 0 Å². The van der Waals surface area contributed by atoms with Gasteiger partial charge in [0.05, 0.1) is 0 Å². The zero-order valence-corrected chi connectivity index (χ0v) is 8.22. The van der Waals surface area contributed by atoms with E-state index in [1.807, 2.05) is 0 Å². The lowest BCUT2D eigenvalue weighted by Crippen LogP contribution is -1.78. The van der Waals surface area contributed by atoms with E-state index in [2.05, 4.69) is 19.9 Å². The van der Waals surface area contributed by atoms with Crippen LogP contribution < -0.4 is 0 Å². The van der Waals surface area contributed by atoms with Gasteiger partial charge >= 0.3 is 0 Å². The predicted octanol–water partition coefficient (Wildman–Crippen LogP) is 4.13. The average molecular weight is 176 g/mol. The summed E-state index contributed by atoms with van der Waals surface area (Å²) in [6.45, 7) is 4.22. The van der Waals surface area contributed by atoms with Gasteiger partial charge in [-0.25, -0.2) is 0 Å². The summed E-state index contributed by atoms with van der Waals surface area (Å²) in [7, 11) is 0. The Labute approximate surface area is 73.6 Å². The molecule has 0 saturated carbocycles. The topological polar surface area (TPSA) is 0 Å². The molecule has 66 valence electrons. The highest BCUT2D eigenvalue weighted by atomic mass is 32.2. The number of rotatable bonds is 6. The zero-order valence-electron chi connectivity index (χ0n) is 7.40. The van der Waals surface area contributed by atoms with Gasteiger partial charge in [0, 0.05) is 17.9 Å². The highest BCUT2D eigenvalue weighted by Crippen LogP contribution is 2.08.